The van der Waals surface area contributed by atoms with Crippen molar-refractivity contribution >= 4 is 29.7 Å². The number of rotatable bonds is 4. The fourth-order valence-electron chi connectivity index (χ4n) is 1.74. The molecule has 0 aliphatic heterocycles. The predicted molar refractivity (Wildman–Crippen MR) is 77.1 cm³/mol. The molecule has 1 aromatic carbocycles. The van der Waals surface area contributed by atoms with E-state index in [0.717, 1.165) is 0 Å². The molecule has 0 fully saturated rings. The van der Waals surface area contributed by atoms with Crippen LogP contribution in [0.2, 0.25) is 5.02 Å². The second kappa shape index (κ2) is 6.17. The first-order valence-electron chi connectivity index (χ1n) is 5.82. The van der Waals surface area contributed by atoms with Crippen LogP contribution in [0.25, 0.3) is 0 Å². The molecule has 1 aromatic heterocycles. The Kier molecular flexibility index (Phi) is 4.53. The van der Waals surface area contributed by atoms with E-state index >= 15 is 0 Å². The fraction of sp³-hybridized carbons (Fsp3) is 0.250. The summed E-state index contributed by atoms with van der Waals surface area (Å²) in [7, 11) is 1.70. The van der Waals surface area contributed by atoms with Crippen LogP contribution in [0.3, 0.4) is 0 Å². The van der Waals surface area contributed by atoms with Crippen LogP contribution in [0.15, 0.2) is 24.3 Å². The van der Waals surface area contributed by atoms with Gasteiger partial charge in [-0.1, -0.05) is 23.7 Å². The van der Waals surface area contributed by atoms with Crippen molar-refractivity contribution in [1.82, 2.24) is 20.1 Å². The number of benzene rings is 1. The Labute approximate surface area is 125 Å². The third-order valence-corrected chi connectivity index (χ3v) is 3.53. The zero-order chi connectivity index (χ0) is 14.7. The predicted octanol–water partition coefficient (Wildman–Crippen LogP) is 1.59. The highest BCUT2D eigenvalue weighted by Crippen LogP contribution is 2.16. The maximum atomic E-state index is 12.1. The third kappa shape index (κ3) is 2.90. The molecule has 0 aliphatic carbocycles. The Morgan fingerprint density at radius 2 is 2.30 bits per heavy atom. The number of hydrogen-bond donors (Lipinski definition) is 3. The number of H-pyrrole nitrogens is 1. The molecule has 0 saturated carbocycles. The highest BCUT2D eigenvalue weighted by atomic mass is 35.5. The lowest BCUT2D eigenvalue weighted by Crippen LogP contribution is -2.32. The van der Waals surface area contributed by atoms with Crippen molar-refractivity contribution in [2.24, 2.45) is 7.05 Å². The summed E-state index contributed by atoms with van der Waals surface area (Å²) < 4.78 is 1.99. The van der Waals surface area contributed by atoms with Gasteiger partial charge in [-0.3, -0.25) is 9.89 Å². The number of aliphatic hydroxyl groups is 1. The van der Waals surface area contributed by atoms with E-state index in [4.69, 9.17) is 23.8 Å². The van der Waals surface area contributed by atoms with Crippen LogP contribution < -0.4 is 5.32 Å². The number of carbonyl (C=O) groups is 1. The number of aliphatic hydroxyl groups excluding tert-OH is 1. The van der Waals surface area contributed by atoms with E-state index in [1.807, 2.05) is 0 Å². The van der Waals surface area contributed by atoms with Gasteiger partial charge in [-0.05, 0) is 24.4 Å². The zero-order valence-corrected chi connectivity index (χ0v) is 12.2. The maximum Gasteiger partial charge on any atom is 0.253 e. The molecule has 0 aliphatic rings. The summed E-state index contributed by atoms with van der Waals surface area (Å²) in [6.07, 6.45) is 0. The normalized spacial score (nSPS) is 12.2. The van der Waals surface area contributed by atoms with Crippen LogP contribution in [0.5, 0.6) is 0 Å². The minimum absolute atomic E-state index is 0.302. The van der Waals surface area contributed by atoms with E-state index < -0.39 is 6.04 Å². The van der Waals surface area contributed by atoms with Gasteiger partial charge in [-0.25, -0.2) is 0 Å². The SMILES string of the molecule is Cn1c(C(CO)NC(=O)c2ccccc2Cl)n[nH]c1=S. The highest BCUT2D eigenvalue weighted by molar-refractivity contribution is 7.71. The van der Waals surface area contributed by atoms with Gasteiger partial charge in [0.15, 0.2) is 10.6 Å². The van der Waals surface area contributed by atoms with E-state index in [1.54, 1.807) is 35.9 Å². The van der Waals surface area contributed by atoms with Crippen LogP contribution >= 0.6 is 23.8 Å². The van der Waals surface area contributed by atoms with E-state index in [1.165, 1.54) is 0 Å². The monoisotopic (exact) mass is 312 g/mol. The molecule has 1 amide bonds. The second-order valence-electron chi connectivity index (χ2n) is 4.13. The van der Waals surface area contributed by atoms with Gasteiger partial charge >= 0.3 is 0 Å². The van der Waals surface area contributed by atoms with Gasteiger partial charge in [0.2, 0.25) is 0 Å². The Morgan fingerprint density at radius 1 is 1.60 bits per heavy atom. The summed E-state index contributed by atoms with van der Waals surface area (Å²) in [5.74, 6) is 0.0569. The lowest BCUT2D eigenvalue weighted by Gasteiger charge is -2.15. The smallest absolute Gasteiger partial charge is 0.253 e. The van der Waals surface area contributed by atoms with E-state index in [9.17, 15) is 9.90 Å². The lowest BCUT2D eigenvalue weighted by molar-refractivity contribution is 0.0912. The molecule has 106 valence electrons. The minimum atomic E-state index is -0.670. The van der Waals surface area contributed by atoms with Crippen molar-refractivity contribution in [1.29, 1.82) is 0 Å². The summed E-state index contributed by atoms with van der Waals surface area (Å²) >= 11 is 11.0. The molecular formula is C12H13ClN4O2S. The van der Waals surface area contributed by atoms with Gasteiger partial charge in [0.1, 0.15) is 6.04 Å². The Balaban J connectivity index is 2.23. The van der Waals surface area contributed by atoms with E-state index in [0.29, 0.717) is 21.2 Å². The molecule has 0 bridgehead atoms. The molecule has 6 nitrogen and oxygen atoms in total. The molecule has 0 saturated heterocycles. The third-order valence-electron chi connectivity index (χ3n) is 2.83. The Morgan fingerprint density at radius 3 is 2.85 bits per heavy atom. The van der Waals surface area contributed by atoms with Crippen molar-refractivity contribution < 1.29 is 9.90 Å². The summed E-state index contributed by atoms with van der Waals surface area (Å²) in [6, 6.07) is 6.01. The van der Waals surface area contributed by atoms with Crippen molar-refractivity contribution in [3.63, 3.8) is 0 Å². The number of hydrogen-bond acceptors (Lipinski definition) is 4. The standard InChI is InChI=1S/C12H13ClN4O2S/c1-17-10(15-16-12(17)20)9(6-18)14-11(19)7-4-2-3-5-8(7)13/h2-5,9,18H,6H2,1H3,(H,14,19)(H,16,20). The first kappa shape index (κ1) is 14.7. The summed E-state index contributed by atoms with van der Waals surface area (Å²) in [5, 5.41) is 19.0. The number of amides is 1. The van der Waals surface area contributed by atoms with Crippen molar-refractivity contribution in [3.8, 4) is 0 Å². The number of nitrogens with one attached hydrogen (secondary N) is 2. The van der Waals surface area contributed by atoms with E-state index in [2.05, 4.69) is 15.5 Å². The van der Waals surface area contributed by atoms with Gasteiger partial charge in [0.25, 0.3) is 5.91 Å². The molecule has 20 heavy (non-hydrogen) atoms. The highest BCUT2D eigenvalue weighted by Gasteiger charge is 2.20. The van der Waals surface area contributed by atoms with E-state index in [-0.39, 0.29) is 12.5 Å². The van der Waals surface area contributed by atoms with Crippen LogP contribution in [-0.4, -0.2) is 32.4 Å². The first-order valence-corrected chi connectivity index (χ1v) is 6.60. The first-order chi connectivity index (χ1) is 9.54. The van der Waals surface area contributed by atoms with Gasteiger partial charge < -0.3 is 15.0 Å². The molecule has 1 heterocycles. The molecule has 1 unspecified atom stereocenters. The number of carbonyl (C=O) groups excluding carboxylic acids is 1. The van der Waals surface area contributed by atoms with Gasteiger partial charge in [-0.2, -0.15) is 5.10 Å². The van der Waals surface area contributed by atoms with Crippen LogP contribution in [0, 0.1) is 4.77 Å². The summed E-state index contributed by atoms with van der Waals surface area (Å²) in [4.78, 5) is 12.1. The molecule has 0 radical (unpaired) electrons. The largest absolute Gasteiger partial charge is 0.394 e. The number of aromatic amines is 1. The van der Waals surface area contributed by atoms with Crippen molar-refractivity contribution in [2.75, 3.05) is 6.61 Å². The van der Waals surface area contributed by atoms with Crippen LogP contribution in [0.4, 0.5) is 0 Å². The number of halogens is 1. The van der Waals surface area contributed by atoms with Crippen molar-refractivity contribution in [2.45, 2.75) is 6.04 Å². The quantitative estimate of drug-likeness (QED) is 0.749. The average molecular weight is 313 g/mol. The molecule has 3 N–H and O–H groups in total. The molecule has 8 heteroatoms. The topological polar surface area (TPSA) is 82.9 Å². The maximum absolute atomic E-state index is 12.1. The zero-order valence-electron chi connectivity index (χ0n) is 10.6. The van der Waals surface area contributed by atoms with Crippen molar-refractivity contribution in [3.05, 3.63) is 45.4 Å². The molecule has 0 spiro atoms. The molecular weight excluding hydrogens is 300 g/mol. The van der Waals surface area contributed by atoms with Crippen LogP contribution in [-0.2, 0) is 7.05 Å². The average Bonchev–Trinajstić information content (AvgIpc) is 2.77. The fourth-order valence-corrected chi connectivity index (χ4v) is 2.10. The summed E-state index contributed by atoms with van der Waals surface area (Å²) in [5.41, 5.74) is 0.337. The van der Waals surface area contributed by atoms with Crippen LogP contribution in [0.1, 0.15) is 22.2 Å². The summed E-state index contributed by atoms with van der Waals surface area (Å²) in [6.45, 7) is -0.302. The number of nitrogens with zero attached hydrogens (tertiary/aromatic N) is 2. The molecule has 2 aromatic rings. The Bertz CT molecular complexity index is 682. The minimum Gasteiger partial charge on any atom is -0.394 e. The van der Waals surface area contributed by atoms with Gasteiger partial charge in [0, 0.05) is 7.05 Å². The molecule has 2 rings (SSSR count). The lowest BCUT2D eigenvalue weighted by atomic mass is 10.2. The second-order valence-corrected chi connectivity index (χ2v) is 4.93. The van der Waals surface area contributed by atoms with Gasteiger partial charge in [0.05, 0.1) is 17.2 Å². The number of aromatic nitrogens is 3. The molecule has 1 atom stereocenters. The van der Waals surface area contributed by atoms with Gasteiger partial charge in [-0.15, -0.1) is 0 Å². The Hall–Kier alpha value is -1.70.